The van der Waals surface area contributed by atoms with Crippen LogP contribution in [0.15, 0.2) is 27.3 Å². The standard InChI is InChI=1S/C10H10BrN3O/c1-6(2)9-13-10(15-14-9)8-5-7(11)3-4-12-8/h3-6H,1-2H3. The fourth-order valence-corrected chi connectivity index (χ4v) is 1.43. The van der Waals surface area contributed by atoms with Gasteiger partial charge in [-0.05, 0) is 12.1 Å². The topological polar surface area (TPSA) is 51.8 Å². The largest absolute Gasteiger partial charge is 0.332 e. The first-order valence-electron chi connectivity index (χ1n) is 4.62. The van der Waals surface area contributed by atoms with Gasteiger partial charge in [0, 0.05) is 16.6 Å². The summed E-state index contributed by atoms with van der Waals surface area (Å²) in [6.07, 6.45) is 1.69. The molecule has 4 nitrogen and oxygen atoms in total. The van der Waals surface area contributed by atoms with E-state index in [9.17, 15) is 0 Å². The number of pyridine rings is 1. The van der Waals surface area contributed by atoms with E-state index in [2.05, 4.69) is 31.1 Å². The molecule has 2 aromatic heterocycles. The van der Waals surface area contributed by atoms with Crippen LogP contribution < -0.4 is 0 Å². The van der Waals surface area contributed by atoms with Crippen LogP contribution >= 0.6 is 15.9 Å². The molecule has 0 aliphatic rings. The van der Waals surface area contributed by atoms with Crippen LogP contribution in [0.25, 0.3) is 11.6 Å². The summed E-state index contributed by atoms with van der Waals surface area (Å²) in [5.74, 6) is 1.42. The van der Waals surface area contributed by atoms with Crippen molar-refractivity contribution in [2.24, 2.45) is 0 Å². The van der Waals surface area contributed by atoms with Crippen LogP contribution in [0.1, 0.15) is 25.6 Å². The van der Waals surface area contributed by atoms with E-state index in [1.165, 1.54) is 0 Å². The van der Waals surface area contributed by atoms with E-state index in [4.69, 9.17) is 4.52 Å². The quantitative estimate of drug-likeness (QED) is 0.840. The molecule has 0 fully saturated rings. The second kappa shape index (κ2) is 4.10. The van der Waals surface area contributed by atoms with Gasteiger partial charge in [-0.3, -0.25) is 4.98 Å². The molecule has 2 rings (SSSR count). The third-order valence-corrected chi connectivity index (χ3v) is 2.39. The van der Waals surface area contributed by atoms with E-state index in [-0.39, 0.29) is 5.92 Å². The Kier molecular flexibility index (Phi) is 2.81. The lowest BCUT2D eigenvalue weighted by Gasteiger charge is -1.94. The van der Waals surface area contributed by atoms with Crippen LogP contribution in [-0.4, -0.2) is 15.1 Å². The van der Waals surface area contributed by atoms with Gasteiger partial charge in [-0.1, -0.05) is 34.9 Å². The van der Waals surface area contributed by atoms with E-state index in [0.29, 0.717) is 17.4 Å². The van der Waals surface area contributed by atoms with Gasteiger partial charge in [0.1, 0.15) is 5.69 Å². The van der Waals surface area contributed by atoms with Crippen molar-refractivity contribution in [3.05, 3.63) is 28.6 Å². The summed E-state index contributed by atoms with van der Waals surface area (Å²) < 4.78 is 6.06. The zero-order chi connectivity index (χ0) is 10.8. The summed E-state index contributed by atoms with van der Waals surface area (Å²) in [6.45, 7) is 4.03. The van der Waals surface area contributed by atoms with E-state index >= 15 is 0 Å². The number of aromatic nitrogens is 3. The van der Waals surface area contributed by atoms with Crippen molar-refractivity contribution in [1.82, 2.24) is 15.1 Å². The third kappa shape index (κ3) is 2.23. The molecular formula is C10H10BrN3O. The minimum absolute atomic E-state index is 0.259. The van der Waals surface area contributed by atoms with Gasteiger partial charge in [0.05, 0.1) is 0 Å². The van der Waals surface area contributed by atoms with Crippen molar-refractivity contribution in [1.29, 1.82) is 0 Å². The van der Waals surface area contributed by atoms with E-state index in [0.717, 1.165) is 4.47 Å². The molecule has 0 amide bonds. The highest BCUT2D eigenvalue weighted by Crippen LogP contribution is 2.20. The highest BCUT2D eigenvalue weighted by molar-refractivity contribution is 9.10. The Morgan fingerprint density at radius 1 is 1.40 bits per heavy atom. The maximum absolute atomic E-state index is 5.12. The van der Waals surface area contributed by atoms with E-state index in [1.54, 1.807) is 6.20 Å². The summed E-state index contributed by atoms with van der Waals surface area (Å²) in [5.41, 5.74) is 0.684. The van der Waals surface area contributed by atoms with Crippen LogP contribution in [0.4, 0.5) is 0 Å². The monoisotopic (exact) mass is 267 g/mol. The molecule has 0 spiro atoms. The van der Waals surface area contributed by atoms with Crippen molar-refractivity contribution in [3.63, 3.8) is 0 Å². The Morgan fingerprint density at radius 3 is 2.80 bits per heavy atom. The minimum atomic E-state index is 0.259. The molecule has 0 aliphatic heterocycles. The molecule has 0 N–H and O–H groups in total. The van der Waals surface area contributed by atoms with Crippen molar-refractivity contribution in [2.75, 3.05) is 0 Å². The van der Waals surface area contributed by atoms with Gasteiger partial charge >= 0.3 is 0 Å². The molecule has 0 bridgehead atoms. The summed E-state index contributed by atoms with van der Waals surface area (Å²) in [7, 11) is 0. The molecule has 15 heavy (non-hydrogen) atoms. The first-order valence-corrected chi connectivity index (χ1v) is 5.41. The maximum Gasteiger partial charge on any atom is 0.276 e. The molecule has 0 aromatic carbocycles. The first-order chi connectivity index (χ1) is 7.16. The Bertz CT molecular complexity index is 467. The normalized spacial score (nSPS) is 10.9. The number of nitrogens with zero attached hydrogens (tertiary/aromatic N) is 3. The van der Waals surface area contributed by atoms with Gasteiger partial charge in [-0.25, -0.2) is 0 Å². The molecule has 78 valence electrons. The first kappa shape index (κ1) is 10.3. The van der Waals surface area contributed by atoms with Gasteiger partial charge in [-0.15, -0.1) is 0 Å². The number of halogens is 1. The fourth-order valence-electron chi connectivity index (χ4n) is 1.10. The average molecular weight is 268 g/mol. The molecule has 0 aliphatic carbocycles. The molecule has 2 aromatic rings. The fraction of sp³-hybridized carbons (Fsp3) is 0.300. The summed E-state index contributed by atoms with van der Waals surface area (Å²) >= 11 is 3.37. The van der Waals surface area contributed by atoms with E-state index < -0.39 is 0 Å². The SMILES string of the molecule is CC(C)c1noc(-c2cc(Br)ccn2)n1. The maximum atomic E-state index is 5.12. The molecule has 0 saturated carbocycles. The smallest absolute Gasteiger partial charge is 0.276 e. The van der Waals surface area contributed by atoms with Crippen molar-refractivity contribution in [2.45, 2.75) is 19.8 Å². The second-order valence-corrected chi connectivity index (χ2v) is 4.39. The lowest BCUT2D eigenvalue weighted by Crippen LogP contribution is -1.89. The van der Waals surface area contributed by atoms with Crippen LogP contribution in [0.2, 0.25) is 0 Å². The van der Waals surface area contributed by atoms with Gasteiger partial charge in [0.2, 0.25) is 0 Å². The van der Waals surface area contributed by atoms with E-state index in [1.807, 2.05) is 26.0 Å². The molecule has 0 radical (unpaired) electrons. The average Bonchev–Trinajstić information content (AvgIpc) is 2.66. The summed E-state index contributed by atoms with van der Waals surface area (Å²) in [4.78, 5) is 8.42. The highest BCUT2D eigenvalue weighted by Gasteiger charge is 2.12. The van der Waals surface area contributed by atoms with Crippen molar-refractivity contribution < 1.29 is 4.52 Å². The second-order valence-electron chi connectivity index (χ2n) is 3.47. The predicted octanol–water partition coefficient (Wildman–Crippen LogP) is 3.02. The third-order valence-electron chi connectivity index (χ3n) is 1.90. The van der Waals surface area contributed by atoms with Crippen LogP contribution in [-0.2, 0) is 0 Å². The molecular weight excluding hydrogens is 258 g/mol. The predicted molar refractivity (Wildman–Crippen MR) is 59.3 cm³/mol. The van der Waals surface area contributed by atoms with Crippen molar-refractivity contribution >= 4 is 15.9 Å². The van der Waals surface area contributed by atoms with Crippen LogP contribution in [0.3, 0.4) is 0 Å². The lowest BCUT2D eigenvalue weighted by molar-refractivity contribution is 0.418. The van der Waals surface area contributed by atoms with Crippen LogP contribution in [0.5, 0.6) is 0 Å². The molecule has 2 heterocycles. The Balaban J connectivity index is 2.37. The Morgan fingerprint density at radius 2 is 2.20 bits per heavy atom. The van der Waals surface area contributed by atoms with Crippen molar-refractivity contribution in [3.8, 4) is 11.6 Å². The zero-order valence-corrected chi connectivity index (χ0v) is 10.0. The van der Waals surface area contributed by atoms with Crippen LogP contribution in [0, 0.1) is 0 Å². The molecule has 0 atom stereocenters. The zero-order valence-electron chi connectivity index (χ0n) is 8.44. The molecule has 0 unspecified atom stereocenters. The molecule has 0 saturated heterocycles. The van der Waals surface area contributed by atoms with Gasteiger partial charge < -0.3 is 4.52 Å². The van der Waals surface area contributed by atoms with Gasteiger partial charge in [0.25, 0.3) is 5.89 Å². The summed E-state index contributed by atoms with van der Waals surface area (Å²) in [5, 5.41) is 3.88. The minimum Gasteiger partial charge on any atom is -0.332 e. The number of hydrogen-bond donors (Lipinski definition) is 0. The Labute approximate surface area is 95.9 Å². The van der Waals surface area contributed by atoms with Gasteiger partial charge in [-0.2, -0.15) is 4.98 Å². The number of hydrogen-bond acceptors (Lipinski definition) is 4. The molecule has 5 heteroatoms. The lowest BCUT2D eigenvalue weighted by atomic mass is 10.2. The highest BCUT2D eigenvalue weighted by atomic mass is 79.9. The summed E-state index contributed by atoms with van der Waals surface area (Å²) in [6, 6.07) is 3.70. The van der Waals surface area contributed by atoms with Gasteiger partial charge in [0.15, 0.2) is 5.82 Å². The Hall–Kier alpha value is -1.23. The number of rotatable bonds is 2.